The third kappa shape index (κ3) is 7.98. The van der Waals surface area contributed by atoms with Gasteiger partial charge in [0, 0.05) is 35.0 Å². The zero-order valence-electron chi connectivity index (χ0n) is 33.0. The minimum Gasteiger partial charge on any atom is -0.509 e. The first-order valence-corrected chi connectivity index (χ1v) is 19.4. The molecule has 4 aromatic carbocycles. The van der Waals surface area contributed by atoms with Gasteiger partial charge in [0.15, 0.2) is 0 Å². The Labute approximate surface area is 336 Å². The summed E-state index contributed by atoms with van der Waals surface area (Å²) in [6.45, 7) is 18.4. The van der Waals surface area contributed by atoms with Gasteiger partial charge >= 0.3 is 21.1 Å². The fraction of sp³-hybridized carbons (Fsp3) is 0.333. The van der Waals surface area contributed by atoms with Crippen LogP contribution in [0.25, 0.3) is 44.4 Å². The van der Waals surface area contributed by atoms with Crippen LogP contribution in [-0.4, -0.2) is 19.3 Å². The van der Waals surface area contributed by atoms with E-state index in [1.165, 1.54) is 38.9 Å². The molecule has 0 bridgehead atoms. The van der Waals surface area contributed by atoms with E-state index in [0.29, 0.717) is 23.3 Å². The summed E-state index contributed by atoms with van der Waals surface area (Å²) in [6, 6.07) is 29.9. The molecule has 0 aliphatic carbocycles. The fourth-order valence-corrected chi connectivity index (χ4v) is 7.66. The molecule has 0 atom stereocenters. The van der Waals surface area contributed by atoms with Crippen LogP contribution < -0.4 is 4.74 Å². The van der Waals surface area contributed by atoms with E-state index in [-0.39, 0.29) is 21.1 Å². The van der Waals surface area contributed by atoms with E-state index in [0.717, 1.165) is 77.4 Å². The van der Waals surface area contributed by atoms with Crippen LogP contribution in [0.2, 0.25) is 0 Å². The average molecular weight is 896 g/mol. The van der Waals surface area contributed by atoms with Gasteiger partial charge in [-0.15, -0.1) is 35.7 Å². The van der Waals surface area contributed by atoms with Crippen molar-refractivity contribution in [3.63, 3.8) is 0 Å². The van der Waals surface area contributed by atoms with E-state index in [1.54, 1.807) is 0 Å². The average Bonchev–Trinajstić information content (AvgIpc) is 3.76. The Hall–Kier alpha value is -4.47. The summed E-state index contributed by atoms with van der Waals surface area (Å²) in [5.74, 6) is 3.39. The summed E-state index contributed by atoms with van der Waals surface area (Å²) >= 11 is 0. The first-order chi connectivity index (χ1) is 25.6. The molecule has 5 nitrogen and oxygen atoms in total. The molecule has 0 fully saturated rings. The minimum atomic E-state index is 0. The van der Waals surface area contributed by atoms with Gasteiger partial charge in [-0.1, -0.05) is 64.8 Å². The molecule has 3 heterocycles. The van der Waals surface area contributed by atoms with Gasteiger partial charge < -0.3 is 9.30 Å². The van der Waals surface area contributed by atoms with Crippen molar-refractivity contribution in [3.05, 3.63) is 131 Å². The molecule has 280 valence electrons. The van der Waals surface area contributed by atoms with Crippen molar-refractivity contribution in [2.24, 2.45) is 11.8 Å². The Bertz CT molecular complexity index is 2360. The van der Waals surface area contributed by atoms with Crippen molar-refractivity contribution in [2.75, 3.05) is 0 Å². The van der Waals surface area contributed by atoms with E-state index in [9.17, 15) is 0 Å². The summed E-state index contributed by atoms with van der Waals surface area (Å²) in [5.41, 5.74) is 13.9. The van der Waals surface area contributed by atoms with Crippen molar-refractivity contribution in [2.45, 2.75) is 93.9 Å². The van der Waals surface area contributed by atoms with Crippen LogP contribution >= 0.6 is 0 Å². The molecule has 0 aliphatic heterocycles. The molecular formula is C48H52N4OPt. The Morgan fingerprint density at radius 3 is 2.15 bits per heavy atom. The Balaban J connectivity index is 0.00000497. The molecular weight excluding hydrogens is 844 g/mol. The van der Waals surface area contributed by atoms with Crippen molar-refractivity contribution in [1.29, 1.82) is 0 Å². The van der Waals surface area contributed by atoms with Crippen LogP contribution in [0.4, 0.5) is 0 Å². The Kier molecular flexibility index (Phi) is 12.3. The summed E-state index contributed by atoms with van der Waals surface area (Å²) < 4.78 is 10.6. The standard InChI is InChI=1S/C48H52N4O.Pt/c1-9-13-36-24-25-49-47(26-36)52-45-17-11-10-16-43(45)44-23-20-40(28-46(44)52)53-39-15-12-14-38(27-39)51-30-37(29-50-51)48-41(21-18-31(2)3)34(7)33(6)35(8)42(48)22-19-32(4)5;/h10-12,14-17,20,23-26,29-32H,9,13,18-19,21-22H2,1-8H3;/q-2;+2. The van der Waals surface area contributed by atoms with Crippen LogP contribution in [0.3, 0.4) is 0 Å². The van der Waals surface area contributed by atoms with E-state index in [4.69, 9.17) is 14.8 Å². The van der Waals surface area contributed by atoms with Crippen LogP contribution in [0.5, 0.6) is 11.5 Å². The van der Waals surface area contributed by atoms with E-state index in [2.05, 4.69) is 121 Å². The number of pyridine rings is 1. The molecule has 0 amide bonds. The summed E-state index contributed by atoms with van der Waals surface area (Å²) in [4.78, 5) is 4.79. The van der Waals surface area contributed by atoms with Crippen LogP contribution in [0.15, 0.2) is 85.3 Å². The first-order valence-electron chi connectivity index (χ1n) is 19.4. The van der Waals surface area contributed by atoms with E-state index >= 15 is 0 Å². The number of nitrogens with zero attached hydrogens (tertiary/aromatic N) is 4. The molecule has 0 saturated heterocycles. The number of aryl methyl sites for hydroxylation is 1. The minimum absolute atomic E-state index is 0. The number of hydrogen-bond donors (Lipinski definition) is 0. The zero-order chi connectivity index (χ0) is 37.2. The molecule has 7 rings (SSSR count). The smallest absolute Gasteiger partial charge is 0.509 e. The van der Waals surface area contributed by atoms with Crippen molar-refractivity contribution in [1.82, 2.24) is 19.3 Å². The molecule has 54 heavy (non-hydrogen) atoms. The second-order valence-electron chi connectivity index (χ2n) is 15.5. The maximum atomic E-state index is 6.49. The molecule has 0 radical (unpaired) electrons. The second-order valence-corrected chi connectivity index (χ2v) is 15.5. The summed E-state index contributed by atoms with van der Waals surface area (Å²) in [7, 11) is 0. The quantitative estimate of drug-likeness (QED) is 0.108. The largest absolute Gasteiger partial charge is 2.00 e. The number of fused-ring (bicyclic) bond motifs is 3. The molecule has 0 saturated carbocycles. The molecule has 3 aromatic heterocycles. The number of benzene rings is 4. The monoisotopic (exact) mass is 895 g/mol. The molecule has 6 heteroatoms. The molecule has 0 unspecified atom stereocenters. The van der Waals surface area contributed by atoms with Gasteiger partial charge in [-0.3, -0.25) is 4.68 Å². The van der Waals surface area contributed by atoms with Gasteiger partial charge in [-0.2, -0.15) is 17.2 Å². The van der Waals surface area contributed by atoms with Gasteiger partial charge in [0.25, 0.3) is 0 Å². The summed E-state index contributed by atoms with van der Waals surface area (Å²) in [6.07, 6.45) is 12.7. The topological polar surface area (TPSA) is 44.9 Å². The second kappa shape index (κ2) is 16.9. The van der Waals surface area contributed by atoms with Crippen molar-refractivity contribution in [3.8, 4) is 34.1 Å². The number of para-hydroxylation sites is 1. The van der Waals surface area contributed by atoms with Crippen LogP contribution in [0, 0.1) is 44.7 Å². The van der Waals surface area contributed by atoms with Crippen molar-refractivity contribution >= 4 is 21.8 Å². The normalized spacial score (nSPS) is 11.6. The third-order valence-corrected chi connectivity index (χ3v) is 10.8. The van der Waals surface area contributed by atoms with Gasteiger partial charge in [-0.25, -0.2) is 4.98 Å². The number of hydrogen-bond acceptors (Lipinski definition) is 3. The molecule has 0 aliphatic rings. The zero-order valence-corrected chi connectivity index (χ0v) is 35.3. The number of rotatable bonds is 13. The van der Waals surface area contributed by atoms with Gasteiger partial charge in [0.2, 0.25) is 0 Å². The number of aromatic nitrogens is 4. The molecule has 0 N–H and O–H groups in total. The summed E-state index contributed by atoms with van der Waals surface area (Å²) in [5, 5.41) is 7.18. The predicted octanol–water partition coefficient (Wildman–Crippen LogP) is 12.5. The van der Waals surface area contributed by atoms with Gasteiger partial charge in [-0.05, 0) is 133 Å². The third-order valence-electron chi connectivity index (χ3n) is 10.8. The van der Waals surface area contributed by atoms with E-state index in [1.807, 2.05) is 41.3 Å². The van der Waals surface area contributed by atoms with Crippen LogP contribution in [-0.2, 0) is 40.3 Å². The SMILES string of the molecule is CCCc1ccnc(-n2c3[c-]c(Oc4[c-]c(-n5cc(-c6c(CCC(C)C)c(C)c(C)c(C)c6CCC(C)C)cn5)ccc4)ccc3c3ccccc32)c1.[Pt+2]. The first kappa shape index (κ1) is 39.2. The van der Waals surface area contributed by atoms with Crippen molar-refractivity contribution < 1.29 is 25.8 Å². The maximum Gasteiger partial charge on any atom is 2.00 e. The fourth-order valence-electron chi connectivity index (χ4n) is 7.66. The van der Waals surface area contributed by atoms with Gasteiger partial charge in [0.05, 0.1) is 6.20 Å². The van der Waals surface area contributed by atoms with Crippen LogP contribution in [0.1, 0.15) is 87.3 Å². The Morgan fingerprint density at radius 2 is 1.44 bits per heavy atom. The van der Waals surface area contributed by atoms with E-state index < -0.39 is 0 Å². The Morgan fingerprint density at radius 1 is 0.741 bits per heavy atom. The maximum absolute atomic E-state index is 6.49. The van der Waals surface area contributed by atoms with Gasteiger partial charge in [0.1, 0.15) is 5.82 Å². The molecule has 7 aromatic rings. The number of ether oxygens (including phenoxy) is 1. The molecule has 0 spiro atoms. The predicted molar refractivity (Wildman–Crippen MR) is 220 cm³/mol.